The third kappa shape index (κ3) is 3.10. The van der Waals surface area contributed by atoms with Crippen LogP contribution in [0.15, 0.2) is 28.7 Å². The second-order valence-electron chi connectivity index (χ2n) is 4.53. The molecule has 2 N–H and O–H groups in total. The summed E-state index contributed by atoms with van der Waals surface area (Å²) in [6.45, 7) is 0. The zero-order valence-electron chi connectivity index (χ0n) is 9.73. The molecule has 1 aliphatic rings. The fourth-order valence-electron chi connectivity index (χ4n) is 2.24. The molecule has 1 aliphatic carbocycles. The number of aliphatic carboxylic acids is 1. The lowest BCUT2D eigenvalue weighted by Crippen LogP contribution is -2.33. The number of carboxylic acid groups (broad SMARTS) is 1. The molecule has 0 unspecified atom stereocenters. The van der Waals surface area contributed by atoms with Crippen molar-refractivity contribution in [1.82, 2.24) is 5.32 Å². The number of rotatable bonds is 3. The van der Waals surface area contributed by atoms with Crippen molar-refractivity contribution in [2.75, 3.05) is 0 Å². The van der Waals surface area contributed by atoms with E-state index in [-0.39, 0.29) is 17.9 Å². The highest BCUT2D eigenvalue weighted by molar-refractivity contribution is 9.10. The quantitative estimate of drug-likeness (QED) is 0.901. The molecular weight excluding hydrogens is 298 g/mol. The molecule has 0 heterocycles. The van der Waals surface area contributed by atoms with Crippen molar-refractivity contribution in [3.8, 4) is 0 Å². The Morgan fingerprint density at radius 2 is 2.11 bits per heavy atom. The first kappa shape index (κ1) is 13.1. The van der Waals surface area contributed by atoms with Crippen LogP contribution in [0.1, 0.15) is 29.6 Å². The van der Waals surface area contributed by atoms with Crippen LogP contribution >= 0.6 is 15.9 Å². The number of nitrogens with one attached hydrogen (secondary N) is 1. The molecule has 1 amide bonds. The van der Waals surface area contributed by atoms with Gasteiger partial charge in [0.25, 0.3) is 5.91 Å². The lowest BCUT2D eigenvalue weighted by molar-refractivity contribution is -0.141. The molecule has 2 atom stereocenters. The van der Waals surface area contributed by atoms with Crippen molar-refractivity contribution in [3.63, 3.8) is 0 Å². The van der Waals surface area contributed by atoms with Crippen molar-refractivity contribution >= 4 is 27.8 Å². The Kier molecular flexibility index (Phi) is 4.01. The first-order valence-electron chi connectivity index (χ1n) is 5.85. The van der Waals surface area contributed by atoms with E-state index in [4.69, 9.17) is 5.11 Å². The highest BCUT2D eigenvalue weighted by atomic mass is 79.9. The summed E-state index contributed by atoms with van der Waals surface area (Å²) < 4.78 is 0.852. The van der Waals surface area contributed by atoms with Crippen LogP contribution in [0.5, 0.6) is 0 Å². The van der Waals surface area contributed by atoms with Crippen LogP contribution < -0.4 is 5.32 Å². The number of benzene rings is 1. The summed E-state index contributed by atoms with van der Waals surface area (Å²) in [7, 11) is 0. The van der Waals surface area contributed by atoms with Gasteiger partial charge in [0.2, 0.25) is 0 Å². The first-order chi connectivity index (χ1) is 8.56. The van der Waals surface area contributed by atoms with Crippen molar-refractivity contribution in [1.29, 1.82) is 0 Å². The average Bonchev–Trinajstić information content (AvgIpc) is 2.77. The van der Waals surface area contributed by atoms with Gasteiger partial charge in [-0.2, -0.15) is 0 Å². The summed E-state index contributed by atoms with van der Waals surface area (Å²) in [5, 5.41) is 11.8. The number of halogens is 1. The Morgan fingerprint density at radius 3 is 2.72 bits per heavy atom. The van der Waals surface area contributed by atoms with Gasteiger partial charge in [0.1, 0.15) is 0 Å². The SMILES string of the molecule is O=C(N[C@H]1CC[C@@H](C(=O)O)C1)c1cccc(Br)c1. The molecule has 0 aliphatic heterocycles. The lowest BCUT2D eigenvalue weighted by atomic mass is 10.1. The standard InChI is InChI=1S/C13H14BrNO3/c14-10-3-1-2-8(6-10)12(16)15-11-5-4-9(7-11)13(17)18/h1-3,6,9,11H,4-5,7H2,(H,15,16)(H,17,18)/t9-,11+/m1/s1. The third-order valence-corrected chi connectivity index (χ3v) is 3.70. The van der Waals surface area contributed by atoms with Gasteiger partial charge in [0.05, 0.1) is 5.92 Å². The highest BCUT2D eigenvalue weighted by Crippen LogP contribution is 2.26. The van der Waals surface area contributed by atoms with E-state index in [1.807, 2.05) is 6.07 Å². The summed E-state index contributed by atoms with van der Waals surface area (Å²) in [6, 6.07) is 7.11. The van der Waals surface area contributed by atoms with Crippen LogP contribution in [-0.4, -0.2) is 23.0 Å². The number of hydrogen-bond donors (Lipinski definition) is 2. The predicted octanol–water partition coefficient (Wildman–Crippen LogP) is 2.43. The lowest BCUT2D eigenvalue weighted by Gasteiger charge is -2.12. The molecule has 1 fully saturated rings. The molecule has 96 valence electrons. The molecular formula is C13H14BrNO3. The number of carboxylic acids is 1. The second kappa shape index (κ2) is 5.52. The minimum absolute atomic E-state index is 0.0300. The molecule has 18 heavy (non-hydrogen) atoms. The third-order valence-electron chi connectivity index (χ3n) is 3.20. The van der Waals surface area contributed by atoms with Gasteiger partial charge < -0.3 is 10.4 Å². The van der Waals surface area contributed by atoms with Crippen LogP contribution in [-0.2, 0) is 4.79 Å². The Labute approximate surface area is 114 Å². The van der Waals surface area contributed by atoms with E-state index < -0.39 is 5.97 Å². The highest BCUT2D eigenvalue weighted by Gasteiger charge is 2.30. The second-order valence-corrected chi connectivity index (χ2v) is 5.44. The van der Waals surface area contributed by atoms with E-state index in [1.165, 1.54) is 0 Å². The van der Waals surface area contributed by atoms with Crippen molar-refractivity contribution in [2.45, 2.75) is 25.3 Å². The number of carbonyl (C=O) groups excluding carboxylic acids is 1. The normalized spacial score (nSPS) is 22.7. The van der Waals surface area contributed by atoms with Crippen LogP contribution in [0.25, 0.3) is 0 Å². The van der Waals surface area contributed by atoms with E-state index in [0.29, 0.717) is 18.4 Å². The van der Waals surface area contributed by atoms with Crippen molar-refractivity contribution in [2.24, 2.45) is 5.92 Å². The number of carbonyl (C=O) groups is 2. The van der Waals surface area contributed by atoms with Crippen LogP contribution in [0.3, 0.4) is 0 Å². The minimum atomic E-state index is -0.769. The summed E-state index contributed by atoms with van der Waals surface area (Å²) in [6.07, 6.45) is 1.89. The molecule has 2 rings (SSSR count). The molecule has 0 spiro atoms. The van der Waals surface area contributed by atoms with Gasteiger partial charge in [-0.3, -0.25) is 9.59 Å². The van der Waals surface area contributed by atoms with Crippen molar-refractivity contribution < 1.29 is 14.7 Å². The zero-order valence-corrected chi connectivity index (χ0v) is 11.3. The number of hydrogen-bond acceptors (Lipinski definition) is 2. The van der Waals surface area contributed by atoms with Crippen LogP contribution in [0.4, 0.5) is 0 Å². The maximum absolute atomic E-state index is 12.0. The average molecular weight is 312 g/mol. The molecule has 1 aromatic carbocycles. The molecule has 0 bridgehead atoms. The van der Waals surface area contributed by atoms with E-state index in [2.05, 4.69) is 21.2 Å². The zero-order chi connectivity index (χ0) is 13.1. The van der Waals surface area contributed by atoms with Gasteiger partial charge >= 0.3 is 5.97 Å². The van der Waals surface area contributed by atoms with Gasteiger partial charge in [-0.1, -0.05) is 22.0 Å². The summed E-state index contributed by atoms with van der Waals surface area (Å²) >= 11 is 3.31. The molecule has 4 nitrogen and oxygen atoms in total. The largest absolute Gasteiger partial charge is 0.481 e. The fourth-order valence-corrected chi connectivity index (χ4v) is 2.63. The van der Waals surface area contributed by atoms with Crippen LogP contribution in [0, 0.1) is 5.92 Å². The maximum Gasteiger partial charge on any atom is 0.306 e. The topological polar surface area (TPSA) is 66.4 Å². The monoisotopic (exact) mass is 311 g/mol. The van der Waals surface area contributed by atoms with E-state index in [1.54, 1.807) is 18.2 Å². The predicted molar refractivity (Wildman–Crippen MR) is 70.4 cm³/mol. The Morgan fingerprint density at radius 1 is 1.33 bits per heavy atom. The van der Waals surface area contributed by atoms with Gasteiger partial charge in [0, 0.05) is 16.1 Å². The fraction of sp³-hybridized carbons (Fsp3) is 0.385. The smallest absolute Gasteiger partial charge is 0.306 e. The van der Waals surface area contributed by atoms with Gasteiger partial charge in [0.15, 0.2) is 0 Å². The maximum atomic E-state index is 12.0. The van der Waals surface area contributed by atoms with Gasteiger partial charge in [-0.05, 0) is 37.5 Å². The summed E-state index contributed by atoms with van der Waals surface area (Å²) in [5.41, 5.74) is 0.586. The number of amides is 1. The van der Waals surface area contributed by atoms with E-state index in [9.17, 15) is 9.59 Å². The molecule has 0 radical (unpaired) electrons. The Hall–Kier alpha value is -1.36. The van der Waals surface area contributed by atoms with Gasteiger partial charge in [-0.25, -0.2) is 0 Å². The van der Waals surface area contributed by atoms with E-state index >= 15 is 0 Å². The van der Waals surface area contributed by atoms with Crippen LogP contribution in [0.2, 0.25) is 0 Å². The first-order valence-corrected chi connectivity index (χ1v) is 6.65. The summed E-state index contributed by atoms with van der Waals surface area (Å²) in [5.74, 6) is -1.24. The molecule has 1 saturated carbocycles. The Bertz CT molecular complexity index is 475. The molecule has 0 saturated heterocycles. The van der Waals surface area contributed by atoms with Gasteiger partial charge in [-0.15, -0.1) is 0 Å². The molecule has 5 heteroatoms. The van der Waals surface area contributed by atoms with E-state index in [0.717, 1.165) is 10.9 Å². The summed E-state index contributed by atoms with van der Waals surface area (Å²) in [4.78, 5) is 22.8. The molecule has 0 aromatic heterocycles. The minimum Gasteiger partial charge on any atom is -0.481 e. The molecule has 1 aromatic rings. The van der Waals surface area contributed by atoms with Crippen molar-refractivity contribution in [3.05, 3.63) is 34.3 Å². The Balaban J connectivity index is 1.95.